The normalized spacial score (nSPS) is 14.7. The van der Waals surface area contributed by atoms with Gasteiger partial charge in [0.2, 0.25) is 15.7 Å². The van der Waals surface area contributed by atoms with E-state index in [0.717, 1.165) is 17.6 Å². The van der Waals surface area contributed by atoms with Crippen LogP contribution in [0, 0.1) is 5.92 Å². The molecule has 5 N–H and O–H groups in total. The van der Waals surface area contributed by atoms with Gasteiger partial charge in [-0.15, -0.1) is 0 Å². The Balaban J connectivity index is 3.26. The zero-order valence-electron chi connectivity index (χ0n) is 11.8. The second-order valence-electron chi connectivity index (χ2n) is 4.66. The largest absolute Gasteiger partial charge is 0.417 e. The first-order valence-corrected chi connectivity index (χ1v) is 7.79. The minimum absolute atomic E-state index is 0.506. The number of hydrogen-bond acceptors (Lipinski definition) is 6. The van der Waals surface area contributed by atoms with Gasteiger partial charge in [-0.2, -0.15) is 13.2 Å². The monoisotopic (exact) mass is 370 g/mol. The summed E-state index contributed by atoms with van der Waals surface area (Å²) in [6.07, 6.45) is -6.13. The molecule has 2 amide bonds. The highest BCUT2D eigenvalue weighted by molar-refractivity contribution is 7.92. The molecule has 1 aromatic rings. The first kappa shape index (κ1) is 19.9. The molecule has 0 aliphatic carbocycles. The minimum atomic E-state index is -5.01. The molecule has 12 heteroatoms. The van der Waals surface area contributed by atoms with Crippen molar-refractivity contribution in [1.29, 1.82) is 0 Å². The maximum atomic E-state index is 12.9. The van der Waals surface area contributed by atoms with Crippen LogP contribution in [0.3, 0.4) is 0 Å². The van der Waals surface area contributed by atoms with Crippen molar-refractivity contribution in [2.75, 3.05) is 0 Å². The summed E-state index contributed by atoms with van der Waals surface area (Å²) in [4.78, 5) is 21.1. The molecule has 0 aromatic heterocycles. The first-order chi connectivity index (χ1) is 10.9. The Labute approximate surface area is 133 Å². The third kappa shape index (κ3) is 4.21. The van der Waals surface area contributed by atoms with E-state index in [2.05, 4.69) is 0 Å². The number of alkyl halides is 3. The van der Waals surface area contributed by atoms with E-state index in [1.165, 1.54) is 0 Å². The van der Waals surface area contributed by atoms with Crippen LogP contribution in [0.1, 0.15) is 12.0 Å². The summed E-state index contributed by atoms with van der Waals surface area (Å²) < 4.78 is 63.0. The molecule has 24 heavy (non-hydrogen) atoms. The second-order valence-corrected chi connectivity index (χ2v) is 6.73. The maximum absolute atomic E-state index is 12.9. The number of hydroxylamine groups is 1. The topological polar surface area (TPSA) is 147 Å². The number of benzene rings is 1. The number of carbonyl (C=O) groups excluding carboxylic acids is 2. The number of primary amides is 1. The molecule has 0 heterocycles. The Morgan fingerprint density at radius 3 is 2.25 bits per heavy atom. The smallest absolute Gasteiger partial charge is 0.377 e. The first-order valence-electron chi connectivity index (χ1n) is 6.24. The summed E-state index contributed by atoms with van der Waals surface area (Å²) in [6.45, 7) is 0. The summed E-state index contributed by atoms with van der Waals surface area (Å²) >= 11 is 0. The van der Waals surface area contributed by atoms with Crippen LogP contribution < -0.4 is 11.2 Å². The molecule has 0 aliphatic rings. The molecule has 1 aromatic carbocycles. The average Bonchev–Trinajstić information content (AvgIpc) is 2.50. The molecule has 8 nitrogen and oxygen atoms in total. The van der Waals surface area contributed by atoms with Gasteiger partial charge in [0.05, 0.1) is 10.5 Å². The van der Waals surface area contributed by atoms with Crippen molar-refractivity contribution in [3.63, 3.8) is 0 Å². The number of sulfone groups is 1. The van der Waals surface area contributed by atoms with Crippen molar-refractivity contribution in [3.05, 3.63) is 29.8 Å². The Kier molecular flexibility index (Phi) is 5.92. The zero-order valence-corrected chi connectivity index (χ0v) is 12.6. The van der Waals surface area contributed by atoms with Crippen LogP contribution in [0.15, 0.2) is 29.2 Å². The fourth-order valence-corrected chi connectivity index (χ4v) is 3.35. The molecule has 0 fully saturated rings. The van der Waals surface area contributed by atoms with Crippen molar-refractivity contribution >= 4 is 21.7 Å². The number of halogens is 3. The van der Waals surface area contributed by atoms with E-state index in [1.54, 1.807) is 0 Å². The fraction of sp³-hybridized carbons (Fsp3) is 0.333. The highest BCUT2D eigenvalue weighted by Crippen LogP contribution is 2.35. The summed E-state index contributed by atoms with van der Waals surface area (Å²) in [7, 11) is -4.96. The van der Waals surface area contributed by atoms with Gasteiger partial charge >= 0.3 is 6.18 Å². The van der Waals surface area contributed by atoms with E-state index in [9.17, 15) is 36.3 Å². The molecule has 0 bridgehead atoms. The molecule has 0 aliphatic heterocycles. The number of aliphatic hydroxyl groups is 1. The summed E-state index contributed by atoms with van der Waals surface area (Å²) in [5.74, 6) is -4.74. The summed E-state index contributed by atoms with van der Waals surface area (Å²) in [6, 6.07) is 3.11. The Morgan fingerprint density at radius 1 is 1.25 bits per heavy atom. The van der Waals surface area contributed by atoms with Crippen molar-refractivity contribution in [1.82, 2.24) is 5.48 Å². The molecule has 2 atom stereocenters. The summed E-state index contributed by atoms with van der Waals surface area (Å²) in [5.41, 5.74) is 1.86. The maximum Gasteiger partial charge on any atom is 0.417 e. The molecular weight excluding hydrogens is 357 g/mol. The lowest BCUT2D eigenvalue weighted by Gasteiger charge is -2.19. The number of amides is 2. The highest BCUT2D eigenvalue weighted by atomic mass is 32.2. The third-order valence-corrected chi connectivity index (χ3v) is 4.94. The van der Waals surface area contributed by atoms with Crippen LogP contribution in [0.4, 0.5) is 13.2 Å². The van der Waals surface area contributed by atoms with E-state index >= 15 is 0 Å². The van der Waals surface area contributed by atoms with Gasteiger partial charge in [-0.3, -0.25) is 14.8 Å². The summed E-state index contributed by atoms with van der Waals surface area (Å²) in [5, 5.41) is 18.2. The van der Waals surface area contributed by atoms with Crippen LogP contribution in [0.5, 0.6) is 0 Å². The van der Waals surface area contributed by atoms with Gasteiger partial charge in [-0.25, -0.2) is 13.9 Å². The van der Waals surface area contributed by atoms with Crippen LogP contribution in [0.25, 0.3) is 0 Å². The van der Waals surface area contributed by atoms with Gasteiger partial charge < -0.3 is 10.8 Å². The number of carbonyl (C=O) groups is 2. The standard InChI is InChI=1S/C12H13F3N2O6S/c13-12(14,15)7-3-1-2-4-8(7)24(22,23)9(18)5-6(10(16)19)11(20)17-21/h1-4,6,9,18,21H,5H2,(H2,16,19)(H,17,20). The van der Waals surface area contributed by atoms with Crippen molar-refractivity contribution in [2.45, 2.75) is 22.9 Å². The number of hydrogen-bond donors (Lipinski definition) is 4. The SMILES string of the molecule is NC(=O)C(CC(O)S(=O)(=O)c1ccccc1C(F)(F)F)C(=O)NO. The molecule has 1 rings (SSSR count). The molecule has 2 unspecified atom stereocenters. The Hall–Kier alpha value is -2.18. The molecule has 0 saturated carbocycles. The zero-order chi connectivity index (χ0) is 18.7. The number of nitrogens with two attached hydrogens (primary N) is 1. The van der Waals surface area contributed by atoms with Crippen LogP contribution >= 0.6 is 0 Å². The Bertz CT molecular complexity index is 735. The van der Waals surface area contributed by atoms with Gasteiger partial charge in [0.25, 0.3) is 5.91 Å². The van der Waals surface area contributed by atoms with Crippen LogP contribution in [0.2, 0.25) is 0 Å². The lowest BCUT2D eigenvalue weighted by atomic mass is 10.1. The molecule has 0 spiro atoms. The van der Waals surface area contributed by atoms with Gasteiger partial charge in [0.1, 0.15) is 5.92 Å². The van der Waals surface area contributed by atoms with E-state index in [4.69, 9.17) is 10.9 Å². The van der Waals surface area contributed by atoms with Gasteiger partial charge in [0, 0.05) is 6.42 Å². The van der Waals surface area contributed by atoms with Gasteiger partial charge in [0.15, 0.2) is 5.44 Å². The van der Waals surface area contributed by atoms with Crippen LogP contribution in [-0.4, -0.2) is 36.0 Å². The number of aliphatic hydroxyl groups excluding tert-OH is 1. The number of nitrogens with one attached hydrogen (secondary N) is 1. The highest BCUT2D eigenvalue weighted by Gasteiger charge is 2.40. The predicted octanol–water partition coefficient (Wildman–Crippen LogP) is -0.206. The van der Waals surface area contributed by atoms with E-state index in [1.807, 2.05) is 0 Å². The van der Waals surface area contributed by atoms with E-state index in [0.29, 0.717) is 12.1 Å². The fourth-order valence-electron chi connectivity index (χ4n) is 1.85. The van der Waals surface area contributed by atoms with Crippen molar-refractivity contribution in [3.8, 4) is 0 Å². The second kappa shape index (κ2) is 7.15. The van der Waals surface area contributed by atoms with Crippen molar-refractivity contribution < 1.29 is 41.5 Å². The molecule has 134 valence electrons. The molecular formula is C12H13F3N2O6S. The van der Waals surface area contributed by atoms with E-state index < -0.39 is 56.1 Å². The predicted molar refractivity (Wildman–Crippen MR) is 71.9 cm³/mol. The van der Waals surface area contributed by atoms with Gasteiger partial charge in [-0.05, 0) is 12.1 Å². The molecule has 0 saturated heterocycles. The minimum Gasteiger partial charge on any atom is -0.377 e. The van der Waals surface area contributed by atoms with Gasteiger partial charge in [-0.1, -0.05) is 12.1 Å². The Morgan fingerprint density at radius 2 is 1.79 bits per heavy atom. The lowest BCUT2D eigenvalue weighted by molar-refractivity contribution is -0.141. The van der Waals surface area contributed by atoms with E-state index in [-0.39, 0.29) is 0 Å². The molecule has 0 radical (unpaired) electrons. The van der Waals surface area contributed by atoms with Crippen molar-refractivity contribution in [2.24, 2.45) is 11.7 Å². The van der Waals surface area contributed by atoms with Crippen LogP contribution in [-0.2, 0) is 25.6 Å². The quantitative estimate of drug-likeness (QED) is 0.310. The third-order valence-electron chi connectivity index (χ3n) is 3.06. The number of rotatable bonds is 6. The average molecular weight is 370 g/mol. The lowest BCUT2D eigenvalue weighted by Crippen LogP contribution is -2.41.